The molecule has 2 heteroatoms. The Kier molecular flexibility index (Phi) is 7.94. The molecular weight excluding hydrogens is 272 g/mol. The number of hydrogen-bond acceptors (Lipinski definition) is 2. The molecule has 0 unspecified atom stereocenters. The summed E-state index contributed by atoms with van der Waals surface area (Å²) in [6.07, 6.45) is 8.48. The predicted molar refractivity (Wildman–Crippen MR) is 92.8 cm³/mol. The number of hydrogen-bond donors (Lipinski definition) is 0. The molecule has 0 radical (unpaired) electrons. The van der Waals surface area contributed by atoms with Gasteiger partial charge >= 0.3 is 5.97 Å². The second-order valence-electron chi connectivity index (χ2n) is 6.98. The summed E-state index contributed by atoms with van der Waals surface area (Å²) in [6, 6.07) is 9.20. The molecule has 122 valence electrons. The average Bonchev–Trinajstić information content (AvgIpc) is 2.48. The molecule has 0 saturated carbocycles. The summed E-state index contributed by atoms with van der Waals surface area (Å²) in [4.78, 5) is 12.2. The molecule has 0 aliphatic carbocycles. The first-order valence-electron chi connectivity index (χ1n) is 8.38. The zero-order valence-corrected chi connectivity index (χ0v) is 14.5. The molecule has 0 aromatic heterocycles. The van der Waals surface area contributed by atoms with Crippen LogP contribution in [-0.4, -0.2) is 5.97 Å². The number of carbonyl (C=O) groups is 1. The van der Waals surface area contributed by atoms with Crippen molar-refractivity contribution in [1.82, 2.24) is 0 Å². The Balaban J connectivity index is 2.65. The minimum atomic E-state index is -0.253. The molecule has 0 bridgehead atoms. The summed E-state index contributed by atoms with van der Waals surface area (Å²) >= 11 is 0. The Hall–Kier alpha value is -1.57. The number of benzene rings is 1. The predicted octanol–water partition coefficient (Wildman–Crippen LogP) is 6.13. The highest BCUT2D eigenvalue weighted by Gasteiger charge is 2.14. The first-order valence-corrected chi connectivity index (χ1v) is 8.38. The molecule has 0 N–H and O–H groups in total. The van der Waals surface area contributed by atoms with Gasteiger partial charge in [0.15, 0.2) is 0 Å². The lowest BCUT2D eigenvalue weighted by molar-refractivity contribution is 0.0606. The minimum Gasteiger partial charge on any atom is -0.428 e. The molecule has 0 saturated heterocycles. The van der Waals surface area contributed by atoms with Crippen LogP contribution in [0, 0.1) is 5.41 Å². The van der Waals surface area contributed by atoms with Crippen LogP contribution in [0.2, 0.25) is 0 Å². The van der Waals surface area contributed by atoms with Crippen LogP contribution in [0.4, 0.5) is 0 Å². The maximum Gasteiger partial charge on any atom is 0.343 e. The molecule has 0 amide bonds. The van der Waals surface area contributed by atoms with Crippen molar-refractivity contribution in [2.45, 2.75) is 66.2 Å². The lowest BCUT2D eigenvalue weighted by Crippen LogP contribution is -2.09. The monoisotopic (exact) mass is 302 g/mol. The van der Waals surface area contributed by atoms with Crippen molar-refractivity contribution in [3.8, 4) is 0 Å². The van der Waals surface area contributed by atoms with Gasteiger partial charge in [-0.15, -0.1) is 0 Å². The number of rotatable bonds is 8. The number of allylic oxidation sites excluding steroid dienone is 2. The molecule has 22 heavy (non-hydrogen) atoms. The maximum atomic E-state index is 12.2. The molecule has 0 aliphatic heterocycles. The van der Waals surface area contributed by atoms with Gasteiger partial charge in [0.2, 0.25) is 0 Å². The van der Waals surface area contributed by atoms with Gasteiger partial charge < -0.3 is 4.74 Å². The standard InChI is InChI=1S/C20H30O2/c1-5-6-7-11-14-18(15-16-20(2,3)4)22-19(21)17-12-9-8-10-13-17/h8-10,12-14H,5-7,11,15-16H2,1-4H3. The molecular formula is C20H30O2. The van der Waals surface area contributed by atoms with Gasteiger partial charge in [-0.3, -0.25) is 0 Å². The minimum absolute atomic E-state index is 0.238. The molecule has 1 aromatic rings. The lowest BCUT2D eigenvalue weighted by Gasteiger charge is -2.19. The van der Waals surface area contributed by atoms with Gasteiger partial charge in [0, 0.05) is 6.42 Å². The van der Waals surface area contributed by atoms with Crippen molar-refractivity contribution in [1.29, 1.82) is 0 Å². The second kappa shape index (κ2) is 9.45. The van der Waals surface area contributed by atoms with Gasteiger partial charge in [0.1, 0.15) is 5.76 Å². The van der Waals surface area contributed by atoms with Gasteiger partial charge in [-0.1, -0.05) is 58.7 Å². The van der Waals surface area contributed by atoms with Crippen LogP contribution in [0.15, 0.2) is 42.2 Å². The highest BCUT2D eigenvalue weighted by atomic mass is 16.5. The fraction of sp³-hybridized carbons (Fsp3) is 0.550. The van der Waals surface area contributed by atoms with E-state index in [0.29, 0.717) is 5.56 Å². The smallest absolute Gasteiger partial charge is 0.343 e. The fourth-order valence-corrected chi connectivity index (χ4v) is 2.10. The Bertz CT molecular complexity index is 466. The van der Waals surface area contributed by atoms with Crippen LogP contribution in [0.25, 0.3) is 0 Å². The second-order valence-corrected chi connectivity index (χ2v) is 6.98. The van der Waals surface area contributed by atoms with Crippen molar-refractivity contribution in [2.24, 2.45) is 5.41 Å². The van der Waals surface area contributed by atoms with E-state index in [1.807, 2.05) is 18.2 Å². The van der Waals surface area contributed by atoms with E-state index in [1.54, 1.807) is 12.1 Å². The third-order valence-corrected chi connectivity index (χ3v) is 3.53. The van der Waals surface area contributed by atoms with Crippen molar-refractivity contribution < 1.29 is 9.53 Å². The number of unbranched alkanes of at least 4 members (excludes halogenated alkanes) is 3. The summed E-state index contributed by atoms with van der Waals surface area (Å²) in [6.45, 7) is 8.82. The van der Waals surface area contributed by atoms with Gasteiger partial charge in [0.05, 0.1) is 5.56 Å². The maximum absolute atomic E-state index is 12.2. The molecule has 1 aromatic carbocycles. The van der Waals surface area contributed by atoms with Gasteiger partial charge in [-0.05, 0) is 42.9 Å². The van der Waals surface area contributed by atoms with Crippen LogP contribution >= 0.6 is 0 Å². The topological polar surface area (TPSA) is 26.3 Å². The van der Waals surface area contributed by atoms with Crippen LogP contribution in [0.3, 0.4) is 0 Å². The Morgan fingerprint density at radius 3 is 2.41 bits per heavy atom. The van der Waals surface area contributed by atoms with Crippen LogP contribution in [-0.2, 0) is 4.74 Å². The largest absolute Gasteiger partial charge is 0.428 e. The van der Waals surface area contributed by atoms with E-state index in [-0.39, 0.29) is 11.4 Å². The SMILES string of the molecule is CCCCCC=C(CCC(C)(C)C)OC(=O)c1ccccc1. The quantitative estimate of drug-likeness (QED) is 0.328. The molecule has 0 spiro atoms. The third kappa shape index (κ3) is 8.02. The molecule has 1 rings (SSSR count). The summed E-state index contributed by atoms with van der Waals surface area (Å²) in [5.74, 6) is 0.566. The van der Waals surface area contributed by atoms with E-state index in [0.717, 1.165) is 31.4 Å². The van der Waals surface area contributed by atoms with Crippen LogP contribution < -0.4 is 0 Å². The Morgan fingerprint density at radius 1 is 1.14 bits per heavy atom. The van der Waals surface area contributed by atoms with Gasteiger partial charge in [-0.25, -0.2) is 4.79 Å². The number of carbonyl (C=O) groups excluding carboxylic acids is 1. The number of ether oxygens (including phenoxy) is 1. The van der Waals surface area contributed by atoms with Crippen LogP contribution in [0.5, 0.6) is 0 Å². The highest BCUT2D eigenvalue weighted by molar-refractivity contribution is 5.89. The Labute approximate surface area is 135 Å². The highest BCUT2D eigenvalue weighted by Crippen LogP contribution is 2.25. The summed E-state index contributed by atoms with van der Waals surface area (Å²) in [7, 11) is 0. The van der Waals surface area contributed by atoms with Gasteiger partial charge in [-0.2, -0.15) is 0 Å². The summed E-state index contributed by atoms with van der Waals surface area (Å²) < 4.78 is 5.63. The molecule has 0 aliphatic rings. The first kappa shape index (κ1) is 18.5. The summed E-state index contributed by atoms with van der Waals surface area (Å²) in [5, 5.41) is 0. The van der Waals surface area contributed by atoms with Crippen molar-refractivity contribution in [3.05, 3.63) is 47.7 Å². The average molecular weight is 302 g/mol. The molecule has 0 heterocycles. The molecule has 2 nitrogen and oxygen atoms in total. The van der Waals surface area contributed by atoms with Crippen molar-refractivity contribution >= 4 is 5.97 Å². The van der Waals surface area contributed by atoms with E-state index in [9.17, 15) is 4.79 Å². The van der Waals surface area contributed by atoms with Gasteiger partial charge in [0.25, 0.3) is 0 Å². The van der Waals surface area contributed by atoms with Crippen molar-refractivity contribution in [2.75, 3.05) is 0 Å². The lowest BCUT2D eigenvalue weighted by atomic mass is 9.90. The van der Waals surface area contributed by atoms with E-state index in [1.165, 1.54) is 12.8 Å². The Morgan fingerprint density at radius 2 is 1.82 bits per heavy atom. The zero-order chi connectivity index (χ0) is 16.4. The number of esters is 1. The van der Waals surface area contributed by atoms with E-state index in [4.69, 9.17) is 4.74 Å². The van der Waals surface area contributed by atoms with E-state index in [2.05, 4.69) is 33.8 Å². The van der Waals surface area contributed by atoms with E-state index < -0.39 is 0 Å². The first-order chi connectivity index (χ1) is 10.4. The zero-order valence-electron chi connectivity index (χ0n) is 14.5. The summed E-state index contributed by atoms with van der Waals surface area (Å²) in [5.41, 5.74) is 0.847. The van der Waals surface area contributed by atoms with Crippen molar-refractivity contribution in [3.63, 3.8) is 0 Å². The van der Waals surface area contributed by atoms with Crippen LogP contribution in [0.1, 0.15) is 76.6 Å². The van der Waals surface area contributed by atoms with E-state index >= 15 is 0 Å². The normalized spacial score (nSPS) is 12.3. The third-order valence-electron chi connectivity index (χ3n) is 3.53. The molecule has 0 atom stereocenters. The molecule has 0 fully saturated rings. The fourth-order valence-electron chi connectivity index (χ4n) is 2.10.